The van der Waals surface area contributed by atoms with Crippen LogP contribution in [-0.2, 0) is 0 Å². The molecule has 1 fully saturated rings. The molecule has 2 nitrogen and oxygen atoms in total. The van der Waals surface area contributed by atoms with Crippen LogP contribution in [0.5, 0.6) is 0 Å². The van der Waals surface area contributed by atoms with Crippen molar-refractivity contribution in [3.63, 3.8) is 0 Å². The van der Waals surface area contributed by atoms with E-state index in [9.17, 15) is 5.21 Å². The molecule has 1 heterocycles. The quantitative estimate of drug-likeness (QED) is 0.710. The van der Waals surface area contributed by atoms with E-state index >= 15 is 0 Å². The van der Waals surface area contributed by atoms with Crippen molar-refractivity contribution in [3.05, 3.63) is 0 Å². The summed E-state index contributed by atoms with van der Waals surface area (Å²) < 4.78 is 0. The summed E-state index contributed by atoms with van der Waals surface area (Å²) in [7, 11) is 0. The second kappa shape index (κ2) is 5.71. The van der Waals surface area contributed by atoms with Crippen LogP contribution in [0.3, 0.4) is 0 Å². The van der Waals surface area contributed by atoms with Gasteiger partial charge in [-0.05, 0) is 46.5 Å². The molecule has 0 radical (unpaired) electrons. The van der Waals surface area contributed by atoms with Gasteiger partial charge in [-0.25, -0.2) is 0 Å². The molecule has 0 spiro atoms. The fourth-order valence-electron chi connectivity index (χ4n) is 3.54. The third-order valence-electron chi connectivity index (χ3n) is 4.19. The van der Waals surface area contributed by atoms with Crippen LogP contribution in [-0.4, -0.2) is 21.3 Å². The second-order valence-electron chi connectivity index (χ2n) is 7.06. The minimum Gasteiger partial charge on any atom is -0.313 e. The van der Waals surface area contributed by atoms with Crippen LogP contribution in [0.1, 0.15) is 79.6 Å². The van der Waals surface area contributed by atoms with E-state index in [2.05, 4.69) is 34.6 Å². The van der Waals surface area contributed by atoms with Crippen LogP contribution >= 0.6 is 0 Å². The first-order valence-corrected chi connectivity index (χ1v) is 7.29. The SMILES string of the molecule is CCCCCCC1CC(C)(C)N(O)C(C)(C)C1. The van der Waals surface area contributed by atoms with Gasteiger partial charge >= 0.3 is 0 Å². The van der Waals surface area contributed by atoms with Crippen LogP contribution < -0.4 is 0 Å². The minimum atomic E-state index is -0.0722. The van der Waals surface area contributed by atoms with Crippen molar-refractivity contribution in [3.8, 4) is 0 Å². The molecule has 1 aliphatic rings. The zero-order chi connectivity index (χ0) is 13.1. The smallest absolute Gasteiger partial charge is 0.0413 e. The van der Waals surface area contributed by atoms with Gasteiger partial charge in [-0.2, -0.15) is 5.06 Å². The van der Waals surface area contributed by atoms with Crippen LogP contribution in [0.25, 0.3) is 0 Å². The lowest BCUT2D eigenvalue weighted by molar-refractivity contribution is -0.251. The lowest BCUT2D eigenvalue weighted by Gasteiger charge is -2.51. The summed E-state index contributed by atoms with van der Waals surface area (Å²) in [5.41, 5.74) is -0.144. The van der Waals surface area contributed by atoms with Gasteiger partial charge in [-0.3, -0.25) is 0 Å². The van der Waals surface area contributed by atoms with E-state index in [1.54, 1.807) is 5.06 Å². The maximum atomic E-state index is 10.2. The topological polar surface area (TPSA) is 23.5 Å². The van der Waals surface area contributed by atoms with Gasteiger partial charge in [0.05, 0.1) is 0 Å². The van der Waals surface area contributed by atoms with Gasteiger partial charge in [0.1, 0.15) is 0 Å². The Balaban J connectivity index is 2.48. The molecule has 1 N–H and O–H groups in total. The number of hydrogen-bond acceptors (Lipinski definition) is 2. The minimum absolute atomic E-state index is 0.0722. The molecular weight excluding hydrogens is 210 g/mol. The Kier molecular flexibility index (Phi) is 5.03. The van der Waals surface area contributed by atoms with E-state index in [0.29, 0.717) is 0 Å². The lowest BCUT2D eigenvalue weighted by Crippen LogP contribution is -2.58. The van der Waals surface area contributed by atoms with Crippen molar-refractivity contribution in [2.24, 2.45) is 5.92 Å². The molecular formula is C15H31NO. The molecule has 0 saturated carbocycles. The van der Waals surface area contributed by atoms with Gasteiger partial charge in [-0.1, -0.05) is 39.0 Å². The fourth-order valence-corrected chi connectivity index (χ4v) is 3.54. The molecule has 0 amide bonds. The predicted octanol–water partition coefficient (Wildman–Crippen LogP) is 4.62. The Hall–Kier alpha value is -0.0800. The highest BCUT2D eigenvalue weighted by Gasteiger charge is 2.44. The maximum absolute atomic E-state index is 10.2. The zero-order valence-electron chi connectivity index (χ0n) is 12.4. The van der Waals surface area contributed by atoms with Crippen LogP contribution in [0, 0.1) is 5.92 Å². The Labute approximate surface area is 107 Å². The Morgan fingerprint density at radius 1 is 1.00 bits per heavy atom. The second-order valence-corrected chi connectivity index (χ2v) is 7.06. The third-order valence-corrected chi connectivity index (χ3v) is 4.19. The molecule has 0 atom stereocenters. The van der Waals surface area contributed by atoms with Gasteiger partial charge < -0.3 is 5.21 Å². The van der Waals surface area contributed by atoms with Crippen molar-refractivity contribution in [1.29, 1.82) is 0 Å². The molecule has 0 bridgehead atoms. The maximum Gasteiger partial charge on any atom is 0.0413 e. The summed E-state index contributed by atoms with van der Waals surface area (Å²) in [6, 6.07) is 0. The summed E-state index contributed by atoms with van der Waals surface area (Å²) in [4.78, 5) is 0. The third kappa shape index (κ3) is 3.96. The normalized spacial score (nSPS) is 25.1. The molecule has 1 aliphatic heterocycles. The van der Waals surface area contributed by atoms with Crippen LogP contribution in [0.4, 0.5) is 0 Å². The number of unbranched alkanes of at least 4 members (excludes halogenated alkanes) is 3. The van der Waals surface area contributed by atoms with E-state index in [1.165, 1.54) is 32.1 Å². The summed E-state index contributed by atoms with van der Waals surface area (Å²) in [6.45, 7) is 10.9. The highest BCUT2D eigenvalue weighted by molar-refractivity contribution is 4.95. The van der Waals surface area contributed by atoms with Crippen molar-refractivity contribution < 1.29 is 5.21 Å². The van der Waals surface area contributed by atoms with Crippen molar-refractivity contribution in [1.82, 2.24) is 5.06 Å². The van der Waals surface area contributed by atoms with E-state index < -0.39 is 0 Å². The molecule has 0 aromatic carbocycles. The van der Waals surface area contributed by atoms with Gasteiger partial charge in [0, 0.05) is 11.1 Å². The summed E-state index contributed by atoms with van der Waals surface area (Å²) in [5, 5.41) is 11.8. The van der Waals surface area contributed by atoms with Crippen LogP contribution in [0.15, 0.2) is 0 Å². The highest BCUT2D eigenvalue weighted by atomic mass is 16.5. The number of hydrogen-bond donors (Lipinski definition) is 1. The number of nitrogens with zero attached hydrogens (tertiary/aromatic N) is 1. The van der Waals surface area contributed by atoms with Crippen molar-refractivity contribution in [2.45, 2.75) is 90.6 Å². The molecule has 0 aromatic rings. The van der Waals surface area contributed by atoms with Gasteiger partial charge in [-0.15, -0.1) is 0 Å². The van der Waals surface area contributed by atoms with Gasteiger partial charge in [0.15, 0.2) is 0 Å². The first kappa shape index (κ1) is 15.0. The van der Waals surface area contributed by atoms with Crippen LogP contribution in [0.2, 0.25) is 0 Å². The van der Waals surface area contributed by atoms with Gasteiger partial charge in [0.25, 0.3) is 0 Å². The number of rotatable bonds is 5. The van der Waals surface area contributed by atoms with E-state index in [1.807, 2.05) is 0 Å². The summed E-state index contributed by atoms with van der Waals surface area (Å²) >= 11 is 0. The Morgan fingerprint density at radius 2 is 1.53 bits per heavy atom. The number of hydroxylamine groups is 2. The number of piperidine rings is 1. The predicted molar refractivity (Wildman–Crippen MR) is 73.3 cm³/mol. The molecule has 102 valence electrons. The molecule has 0 aliphatic carbocycles. The summed E-state index contributed by atoms with van der Waals surface area (Å²) in [6.07, 6.45) is 8.99. The molecule has 1 rings (SSSR count). The highest BCUT2D eigenvalue weighted by Crippen LogP contribution is 2.41. The fraction of sp³-hybridized carbons (Fsp3) is 1.00. The lowest BCUT2D eigenvalue weighted by atomic mass is 9.73. The first-order valence-electron chi connectivity index (χ1n) is 7.29. The zero-order valence-corrected chi connectivity index (χ0v) is 12.4. The molecule has 2 heteroatoms. The molecule has 0 unspecified atom stereocenters. The molecule has 1 saturated heterocycles. The monoisotopic (exact) mass is 241 g/mol. The van der Waals surface area contributed by atoms with E-state index in [4.69, 9.17) is 0 Å². The van der Waals surface area contributed by atoms with Gasteiger partial charge in [0.2, 0.25) is 0 Å². The Morgan fingerprint density at radius 3 is 2.00 bits per heavy atom. The van der Waals surface area contributed by atoms with E-state index in [-0.39, 0.29) is 11.1 Å². The molecule has 17 heavy (non-hydrogen) atoms. The standard InChI is InChI=1S/C15H31NO/c1-6-7-8-9-10-13-11-14(2,3)16(17)15(4,5)12-13/h13,17H,6-12H2,1-5H3. The Bertz CT molecular complexity index is 217. The van der Waals surface area contributed by atoms with Crippen molar-refractivity contribution in [2.75, 3.05) is 0 Å². The van der Waals surface area contributed by atoms with E-state index in [0.717, 1.165) is 18.8 Å². The average Bonchev–Trinajstić information content (AvgIpc) is 2.20. The van der Waals surface area contributed by atoms with Crippen molar-refractivity contribution >= 4 is 0 Å². The average molecular weight is 241 g/mol. The summed E-state index contributed by atoms with van der Waals surface area (Å²) in [5.74, 6) is 0.778. The first-order chi connectivity index (χ1) is 7.79. The molecule has 0 aromatic heterocycles. The largest absolute Gasteiger partial charge is 0.313 e.